The normalized spacial score (nSPS) is 12.3. The standard InChI is InChI=1S/C67H50N2/c1-67(2)63-31-15-14-30-61(63)62-42-41-59(46-64(62)67)69(65-43-38-50-18-12-13-29-60(50)66(65)51-19-6-3-7-20-51)58-28-17-23-54(45-58)48-34-32-47(33-35-48)52-21-16-22-53(44-52)49-36-39-57(40-37-49)68(55-24-8-4-9-25-55)56-26-10-5-11-27-56/h3-46H,1-2H3. The molecule has 11 aromatic carbocycles. The van der Waals surface area contributed by atoms with E-state index >= 15 is 0 Å². The van der Waals surface area contributed by atoms with E-state index in [1.807, 2.05) is 0 Å². The van der Waals surface area contributed by atoms with Crippen LogP contribution in [0.4, 0.5) is 34.1 Å². The average molecular weight is 883 g/mol. The molecule has 0 saturated heterocycles. The Hall–Kier alpha value is -8.72. The molecule has 0 unspecified atom stereocenters. The van der Waals surface area contributed by atoms with Crippen LogP contribution in [-0.4, -0.2) is 0 Å². The average Bonchev–Trinajstić information content (AvgIpc) is 3.65. The van der Waals surface area contributed by atoms with E-state index in [1.165, 1.54) is 72.0 Å². The van der Waals surface area contributed by atoms with Crippen LogP contribution in [-0.2, 0) is 5.41 Å². The van der Waals surface area contributed by atoms with Crippen LogP contribution in [0, 0.1) is 0 Å². The monoisotopic (exact) mass is 882 g/mol. The van der Waals surface area contributed by atoms with Crippen molar-refractivity contribution in [1.82, 2.24) is 0 Å². The summed E-state index contributed by atoms with van der Waals surface area (Å²) in [5, 5.41) is 2.45. The molecule has 2 heteroatoms. The van der Waals surface area contributed by atoms with Crippen molar-refractivity contribution in [2.24, 2.45) is 0 Å². The van der Waals surface area contributed by atoms with Crippen LogP contribution in [0.15, 0.2) is 267 Å². The zero-order valence-corrected chi connectivity index (χ0v) is 38.8. The van der Waals surface area contributed by atoms with E-state index in [0.717, 1.165) is 39.7 Å². The number of fused-ring (bicyclic) bond motifs is 4. The Morgan fingerprint density at radius 3 is 1.41 bits per heavy atom. The van der Waals surface area contributed by atoms with Gasteiger partial charge >= 0.3 is 0 Å². The third-order valence-corrected chi connectivity index (χ3v) is 14.0. The molecule has 12 rings (SSSR count). The highest BCUT2D eigenvalue weighted by molar-refractivity contribution is 6.05. The van der Waals surface area contributed by atoms with Gasteiger partial charge in [-0.3, -0.25) is 0 Å². The van der Waals surface area contributed by atoms with Crippen LogP contribution in [0.25, 0.3) is 66.4 Å². The summed E-state index contributed by atoms with van der Waals surface area (Å²) < 4.78 is 0. The molecule has 0 spiro atoms. The van der Waals surface area contributed by atoms with Gasteiger partial charge in [0.05, 0.1) is 5.69 Å². The van der Waals surface area contributed by atoms with Gasteiger partial charge in [0.1, 0.15) is 0 Å². The molecule has 0 radical (unpaired) electrons. The van der Waals surface area contributed by atoms with Crippen LogP contribution in [0.3, 0.4) is 0 Å². The highest BCUT2D eigenvalue weighted by Crippen LogP contribution is 2.52. The van der Waals surface area contributed by atoms with Gasteiger partial charge in [0.25, 0.3) is 0 Å². The second kappa shape index (κ2) is 17.5. The van der Waals surface area contributed by atoms with Crippen molar-refractivity contribution in [1.29, 1.82) is 0 Å². The first-order valence-corrected chi connectivity index (χ1v) is 23.9. The molecular formula is C67H50N2. The lowest BCUT2D eigenvalue weighted by Crippen LogP contribution is -2.17. The van der Waals surface area contributed by atoms with Crippen molar-refractivity contribution < 1.29 is 0 Å². The zero-order chi connectivity index (χ0) is 46.3. The van der Waals surface area contributed by atoms with Crippen molar-refractivity contribution >= 4 is 44.9 Å². The van der Waals surface area contributed by atoms with Crippen LogP contribution >= 0.6 is 0 Å². The molecule has 0 aromatic heterocycles. The van der Waals surface area contributed by atoms with Crippen LogP contribution < -0.4 is 9.80 Å². The molecule has 1 aliphatic rings. The van der Waals surface area contributed by atoms with Gasteiger partial charge in [-0.1, -0.05) is 208 Å². The topological polar surface area (TPSA) is 6.48 Å². The zero-order valence-electron chi connectivity index (χ0n) is 38.8. The van der Waals surface area contributed by atoms with Crippen molar-refractivity contribution in [3.63, 3.8) is 0 Å². The number of para-hydroxylation sites is 2. The molecule has 1 aliphatic carbocycles. The Balaban J connectivity index is 0.899. The fourth-order valence-electron chi connectivity index (χ4n) is 10.6. The summed E-state index contributed by atoms with van der Waals surface area (Å²) in [5.41, 5.74) is 21.4. The molecule has 328 valence electrons. The van der Waals surface area contributed by atoms with Crippen molar-refractivity contribution in [3.05, 3.63) is 278 Å². The fraction of sp³-hybridized carbons (Fsp3) is 0.0448. The van der Waals surface area contributed by atoms with Gasteiger partial charge in [0.15, 0.2) is 0 Å². The maximum Gasteiger partial charge on any atom is 0.0546 e. The Morgan fingerprint density at radius 1 is 0.275 bits per heavy atom. The van der Waals surface area contributed by atoms with E-state index in [1.54, 1.807) is 0 Å². The highest BCUT2D eigenvalue weighted by atomic mass is 15.1. The number of benzene rings is 11. The van der Waals surface area contributed by atoms with Gasteiger partial charge in [0, 0.05) is 39.4 Å². The Labute approximate surface area is 405 Å². The molecule has 0 bridgehead atoms. The number of rotatable bonds is 10. The molecule has 0 aliphatic heterocycles. The Kier molecular flexibility index (Phi) is 10.6. The summed E-state index contributed by atoms with van der Waals surface area (Å²) in [6.45, 7) is 4.73. The number of hydrogen-bond acceptors (Lipinski definition) is 2. The van der Waals surface area contributed by atoms with Gasteiger partial charge in [-0.2, -0.15) is 0 Å². The van der Waals surface area contributed by atoms with E-state index in [9.17, 15) is 0 Å². The fourth-order valence-corrected chi connectivity index (χ4v) is 10.6. The maximum absolute atomic E-state index is 2.48. The largest absolute Gasteiger partial charge is 0.311 e. The molecule has 0 heterocycles. The quantitative estimate of drug-likeness (QED) is 0.135. The minimum absolute atomic E-state index is 0.139. The molecule has 69 heavy (non-hydrogen) atoms. The molecule has 0 amide bonds. The molecular weight excluding hydrogens is 833 g/mol. The first kappa shape index (κ1) is 41.7. The van der Waals surface area contributed by atoms with Crippen molar-refractivity contribution in [3.8, 4) is 55.6 Å². The number of hydrogen-bond donors (Lipinski definition) is 0. The molecule has 11 aromatic rings. The van der Waals surface area contributed by atoms with Gasteiger partial charge in [0.2, 0.25) is 0 Å². The van der Waals surface area contributed by atoms with Crippen LogP contribution in [0.2, 0.25) is 0 Å². The first-order valence-electron chi connectivity index (χ1n) is 23.9. The lowest BCUT2D eigenvalue weighted by Gasteiger charge is -2.30. The summed E-state index contributed by atoms with van der Waals surface area (Å²) >= 11 is 0. The van der Waals surface area contributed by atoms with E-state index in [-0.39, 0.29) is 5.41 Å². The molecule has 0 saturated carbocycles. The summed E-state index contributed by atoms with van der Waals surface area (Å²) in [6, 6.07) is 97.2. The second-order valence-corrected chi connectivity index (χ2v) is 18.5. The SMILES string of the molecule is CC1(C)c2ccccc2-c2ccc(N(c3cccc(-c4ccc(-c5cccc(-c6ccc(N(c7ccccc7)c7ccccc7)cc6)c5)cc4)c3)c3ccc4ccccc4c3-c3ccccc3)cc21. The molecule has 0 fully saturated rings. The van der Waals surface area contributed by atoms with Crippen molar-refractivity contribution in [2.75, 3.05) is 9.80 Å². The van der Waals surface area contributed by atoms with Gasteiger partial charge in [-0.05, 0) is 145 Å². The number of anilines is 6. The number of nitrogens with zero attached hydrogens (tertiary/aromatic N) is 2. The minimum atomic E-state index is -0.139. The summed E-state index contributed by atoms with van der Waals surface area (Å²) in [6.07, 6.45) is 0. The first-order chi connectivity index (χ1) is 34.0. The van der Waals surface area contributed by atoms with Crippen LogP contribution in [0.1, 0.15) is 25.0 Å². The summed E-state index contributed by atoms with van der Waals surface area (Å²) in [7, 11) is 0. The Bertz CT molecular complexity index is 3570. The molecule has 0 N–H and O–H groups in total. The highest BCUT2D eigenvalue weighted by Gasteiger charge is 2.36. The van der Waals surface area contributed by atoms with Crippen molar-refractivity contribution in [2.45, 2.75) is 19.3 Å². The lowest BCUT2D eigenvalue weighted by molar-refractivity contribution is 0.660. The van der Waals surface area contributed by atoms with E-state index in [0.29, 0.717) is 0 Å². The van der Waals surface area contributed by atoms with Crippen LogP contribution in [0.5, 0.6) is 0 Å². The smallest absolute Gasteiger partial charge is 0.0546 e. The third kappa shape index (κ3) is 7.67. The maximum atomic E-state index is 2.48. The van der Waals surface area contributed by atoms with Gasteiger partial charge < -0.3 is 9.80 Å². The lowest BCUT2D eigenvalue weighted by atomic mass is 9.82. The Morgan fingerprint density at radius 2 is 0.739 bits per heavy atom. The predicted octanol–water partition coefficient (Wildman–Crippen LogP) is 18.8. The van der Waals surface area contributed by atoms with Gasteiger partial charge in [-0.15, -0.1) is 0 Å². The third-order valence-electron chi connectivity index (χ3n) is 14.0. The summed E-state index contributed by atoms with van der Waals surface area (Å²) in [4.78, 5) is 4.78. The minimum Gasteiger partial charge on any atom is -0.311 e. The summed E-state index contributed by atoms with van der Waals surface area (Å²) in [5.74, 6) is 0. The molecule has 2 nitrogen and oxygen atoms in total. The van der Waals surface area contributed by atoms with Gasteiger partial charge in [-0.25, -0.2) is 0 Å². The predicted molar refractivity (Wildman–Crippen MR) is 293 cm³/mol. The van der Waals surface area contributed by atoms with E-state index in [2.05, 4.69) is 291 Å². The second-order valence-electron chi connectivity index (χ2n) is 18.5. The van der Waals surface area contributed by atoms with E-state index in [4.69, 9.17) is 0 Å². The molecule has 0 atom stereocenters. The van der Waals surface area contributed by atoms with E-state index < -0.39 is 0 Å².